The average Bonchev–Trinajstić information content (AvgIpc) is 2.67. The maximum atomic E-state index is 12.3. The highest BCUT2D eigenvalue weighted by molar-refractivity contribution is 5.77. The predicted octanol–water partition coefficient (Wildman–Crippen LogP) is 3.14. The molecule has 0 radical (unpaired) electrons. The smallest absolute Gasteiger partial charge is 0.260 e. The number of methoxy groups -OCH3 is 2. The van der Waals surface area contributed by atoms with Gasteiger partial charge in [0.15, 0.2) is 18.1 Å². The zero-order valence-corrected chi connectivity index (χ0v) is 15.7. The van der Waals surface area contributed by atoms with Gasteiger partial charge in [0.2, 0.25) is 0 Å². The zero-order valence-electron chi connectivity index (χ0n) is 15.7. The Morgan fingerprint density at radius 1 is 0.923 bits per heavy atom. The van der Waals surface area contributed by atoms with Crippen LogP contribution in [0.15, 0.2) is 42.5 Å². The Morgan fingerprint density at radius 3 is 2.23 bits per heavy atom. The number of carbonyl (C=O) groups is 1. The number of rotatable bonds is 9. The van der Waals surface area contributed by atoms with E-state index < -0.39 is 0 Å². The molecule has 2 aromatic rings. The summed E-state index contributed by atoms with van der Waals surface area (Å²) in [5, 5.41) is 0. The van der Waals surface area contributed by atoms with Crippen LogP contribution in [0, 0.1) is 0 Å². The molecule has 0 spiro atoms. The minimum Gasteiger partial charge on any atom is -0.497 e. The lowest BCUT2D eigenvalue weighted by molar-refractivity contribution is -0.132. The van der Waals surface area contributed by atoms with Crippen molar-refractivity contribution in [3.05, 3.63) is 48.0 Å². The molecule has 0 fully saturated rings. The Kier molecular flexibility index (Phi) is 7.14. The van der Waals surface area contributed by atoms with Gasteiger partial charge in [-0.3, -0.25) is 4.79 Å². The summed E-state index contributed by atoms with van der Waals surface area (Å²) in [7, 11) is 4.94. The van der Waals surface area contributed by atoms with Crippen molar-refractivity contribution in [2.75, 3.05) is 34.5 Å². The van der Waals surface area contributed by atoms with E-state index in [0.717, 1.165) is 11.3 Å². The molecular weight excluding hydrogens is 334 g/mol. The molecule has 0 bridgehead atoms. The Hall–Kier alpha value is -2.89. The lowest BCUT2D eigenvalue weighted by Crippen LogP contribution is -2.30. The highest BCUT2D eigenvalue weighted by Gasteiger charge is 2.12. The highest BCUT2D eigenvalue weighted by atomic mass is 16.5. The monoisotopic (exact) mass is 359 g/mol. The third kappa shape index (κ3) is 5.31. The number of hydrogen-bond acceptors (Lipinski definition) is 5. The molecule has 6 heteroatoms. The van der Waals surface area contributed by atoms with E-state index in [0.29, 0.717) is 30.4 Å². The van der Waals surface area contributed by atoms with E-state index in [1.54, 1.807) is 50.4 Å². The van der Waals surface area contributed by atoms with Gasteiger partial charge in [-0.2, -0.15) is 0 Å². The van der Waals surface area contributed by atoms with Gasteiger partial charge in [-0.1, -0.05) is 6.07 Å². The summed E-state index contributed by atoms with van der Waals surface area (Å²) in [5.41, 5.74) is 0.950. The van der Waals surface area contributed by atoms with E-state index in [2.05, 4.69) is 0 Å². The second-order valence-electron chi connectivity index (χ2n) is 5.63. The van der Waals surface area contributed by atoms with Crippen molar-refractivity contribution in [2.24, 2.45) is 0 Å². The van der Waals surface area contributed by atoms with Gasteiger partial charge < -0.3 is 23.8 Å². The van der Waals surface area contributed by atoms with E-state index in [1.165, 1.54) is 0 Å². The van der Waals surface area contributed by atoms with Crippen molar-refractivity contribution in [3.8, 4) is 23.0 Å². The van der Waals surface area contributed by atoms with Crippen LogP contribution in [-0.2, 0) is 11.3 Å². The number of carbonyl (C=O) groups excluding carboxylic acids is 1. The minimum absolute atomic E-state index is 0.0308. The van der Waals surface area contributed by atoms with Gasteiger partial charge in [0, 0.05) is 13.6 Å². The number of ether oxygens (including phenoxy) is 4. The second-order valence-corrected chi connectivity index (χ2v) is 5.63. The predicted molar refractivity (Wildman–Crippen MR) is 99.1 cm³/mol. The molecule has 2 rings (SSSR count). The molecule has 6 nitrogen and oxygen atoms in total. The zero-order chi connectivity index (χ0) is 18.9. The topological polar surface area (TPSA) is 57.2 Å². The molecule has 0 heterocycles. The number of nitrogens with zero attached hydrogens (tertiary/aromatic N) is 1. The fourth-order valence-corrected chi connectivity index (χ4v) is 2.37. The summed E-state index contributed by atoms with van der Waals surface area (Å²) in [5.74, 6) is 2.59. The van der Waals surface area contributed by atoms with E-state index in [1.807, 2.05) is 25.1 Å². The number of likely N-dealkylation sites (N-methyl/N-ethyl adjacent to an activating group) is 1. The molecule has 0 aliphatic heterocycles. The second kappa shape index (κ2) is 9.56. The van der Waals surface area contributed by atoms with Crippen LogP contribution in [-0.4, -0.2) is 45.3 Å². The first-order valence-electron chi connectivity index (χ1n) is 8.38. The number of hydrogen-bond donors (Lipinski definition) is 0. The molecular formula is C20H25NO5. The van der Waals surface area contributed by atoms with Gasteiger partial charge in [-0.05, 0) is 48.9 Å². The van der Waals surface area contributed by atoms with Crippen molar-refractivity contribution in [3.63, 3.8) is 0 Å². The molecule has 0 unspecified atom stereocenters. The Labute approximate surface area is 154 Å². The average molecular weight is 359 g/mol. The molecule has 0 atom stereocenters. The molecule has 140 valence electrons. The molecule has 2 aromatic carbocycles. The third-order valence-corrected chi connectivity index (χ3v) is 3.80. The number of amides is 1. The van der Waals surface area contributed by atoms with Crippen LogP contribution in [0.5, 0.6) is 23.0 Å². The largest absolute Gasteiger partial charge is 0.497 e. The fourth-order valence-electron chi connectivity index (χ4n) is 2.37. The minimum atomic E-state index is -0.117. The van der Waals surface area contributed by atoms with Gasteiger partial charge in [0.25, 0.3) is 5.91 Å². The Balaban J connectivity index is 1.91. The van der Waals surface area contributed by atoms with Crippen molar-refractivity contribution >= 4 is 5.91 Å². The lowest BCUT2D eigenvalue weighted by Gasteiger charge is -2.19. The molecule has 1 amide bonds. The van der Waals surface area contributed by atoms with Crippen molar-refractivity contribution in [1.29, 1.82) is 0 Å². The standard InChI is InChI=1S/C20H25NO5/c1-5-25-18-11-6-15(12-19(18)24-4)13-21(2)20(22)14-26-17-9-7-16(23-3)8-10-17/h6-12H,5,13-14H2,1-4H3. The van der Waals surface area contributed by atoms with Crippen LogP contribution in [0.2, 0.25) is 0 Å². The van der Waals surface area contributed by atoms with Gasteiger partial charge in [0.1, 0.15) is 11.5 Å². The molecule has 26 heavy (non-hydrogen) atoms. The summed E-state index contributed by atoms with van der Waals surface area (Å²) in [6.07, 6.45) is 0. The van der Waals surface area contributed by atoms with Crippen LogP contribution < -0.4 is 18.9 Å². The Bertz CT molecular complexity index is 715. The normalized spacial score (nSPS) is 10.2. The summed E-state index contributed by atoms with van der Waals surface area (Å²) in [4.78, 5) is 13.9. The van der Waals surface area contributed by atoms with Crippen LogP contribution in [0.1, 0.15) is 12.5 Å². The van der Waals surface area contributed by atoms with E-state index >= 15 is 0 Å². The third-order valence-electron chi connectivity index (χ3n) is 3.80. The summed E-state index contributed by atoms with van der Waals surface area (Å²) in [6, 6.07) is 12.8. The molecule has 0 saturated heterocycles. The van der Waals surface area contributed by atoms with E-state index in [9.17, 15) is 4.79 Å². The molecule has 0 saturated carbocycles. The van der Waals surface area contributed by atoms with Crippen LogP contribution in [0.25, 0.3) is 0 Å². The van der Waals surface area contributed by atoms with Crippen molar-refractivity contribution < 1.29 is 23.7 Å². The SMILES string of the molecule is CCOc1ccc(CN(C)C(=O)COc2ccc(OC)cc2)cc1OC. The molecule has 0 aliphatic carbocycles. The summed E-state index contributed by atoms with van der Waals surface area (Å²) >= 11 is 0. The maximum absolute atomic E-state index is 12.3. The van der Waals surface area contributed by atoms with Crippen molar-refractivity contribution in [1.82, 2.24) is 4.90 Å². The maximum Gasteiger partial charge on any atom is 0.260 e. The first kappa shape index (κ1) is 19.4. The first-order valence-corrected chi connectivity index (χ1v) is 8.38. The fraction of sp³-hybridized carbons (Fsp3) is 0.350. The van der Waals surface area contributed by atoms with E-state index in [4.69, 9.17) is 18.9 Å². The first-order chi connectivity index (χ1) is 12.6. The van der Waals surface area contributed by atoms with Gasteiger partial charge in [-0.15, -0.1) is 0 Å². The highest BCUT2D eigenvalue weighted by Crippen LogP contribution is 2.28. The van der Waals surface area contributed by atoms with Gasteiger partial charge >= 0.3 is 0 Å². The van der Waals surface area contributed by atoms with Crippen molar-refractivity contribution in [2.45, 2.75) is 13.5 Å². The van der Waals surface area contributed by atoms with Crippen LogP contribution in [0.4, 0.5) is 0 Å². The molecule has 0 aliphatic rings. The lowest BCUT2D eigenvalue weighted by atomic mass is 10.2. The van der Waals surface area contributed by atoms with Gasteiger partial charge in [-0.25, -0.2) is 0 Å². The Morgan fingerprint density at radius 2 is 1.62 bits per heavy atom. The van der Waals surface area contributed by atoms with Crippen LogP contribution >= 0.6 is 0 Å². The van der Waals surface area contributed by atoms with Crippen LogP contribution in [0.3, 0.4) is 0 Å². The van der Waals surface area contributed by atoms with Gasteiger partial charge in [0.05, 0.1) is 20.8 Å². The number of benzene rings is 2. The van der Waals surface area contributed by atoms with E-state index in [-0.39, 0.29) is 12.5 Å². The molecule has 0 aromatic heterocycles. The quantitative estimate of drug-likeness (QED) is 0.688. The summed E-state index contributed by atoms with van der Waals surface area (Å²) < 4.78 is 21.5. The summed E-state index contributed by atoms with van der Waals surface area (Å²) in [6.45, 7) is 2.91. The molecule has 0 N–H and O–H groups in total.